The molecule has 160 valence electrons. The van der Waals surface area contributed by atoms with E-state index in [0.717, 1.165) is 56.8 Å². The highest BCUT2D eigenvalue weighted by atomic mass is 16.3. The number of β-amino-alcohol motifs (C(OH)–C–C–N with tert-alkyl or cyclic N) is 1. The van der Waals surface area contributed by atoms with Gasteiger partial charge in [-0.05, 0) is 43.1 Å². The molecule has 0 saturated carbocycles. The fraction of sp³-hybridized carbons (Fsp3) is 0.500. The van der Waals surface area contributed by atoms with Gasteiger partial charge in [0.05, 0.1) is 18.0 Å². The maximum Gasteiger partial charge on any atom is 0.270 e. The molecule has 0 aliphatic carbocycles. The maximum atomic E-state index is 12.2. The van der Waals surface area contributed by atoms with E-state index in [1.807, 2.05) is 6.20 Å². The van der Waals surface area contributed by atoms with Crippen molar-refractivity contribution in [3.05, 3.63) is 54.1 Å². The quantitative estimate of drug-likeness (QED) is 0.666. The van der Waals surface area contributed by atoms with Gasteiger partial charge >= 0.3 is 0 Å². The molecule has 2 saturated heterocycles. The molecule has 30 heavy (non-hydrogen) atoms. The molecule has 4 heterocycles. The van der Waals surface area contributed by atoms with Crippen molar-refractivity contribution in [1.82, 2.24) is 25.5 Å². The fourth-order valence-corrected chi connectivity index (χ4v) is 4.29. The third-order valence-electron chi connectivity index (χ3n) is 5.91. The number of aliphatic hydroxyl groups is 1. The average Bonchev–Trinajstić information content (AvgIpc) is 3.05. The molecule has 2 aliphatic rings. The lowest BCUT2D eigenvalue weighted by Gasteiger charge is -2.37. The second-order valence-corrected chi connectivity index (χ2v) is 7.95. The first kappa shape index (κ1) is 20.7. The number of piperidine rings is 1. The molecule has 2 aliphatic heterocycles. The number of anilines is 1. The van der Waals surface area contributed by atoms with Crippen LogP contribution in [0.2, 0.25) is 0 Å². The van der Waals surface area contributed by atoms with Gasteiger partial charge in [-0.25, -0.2) is 0 Å². The number of nitrogens with zero attached hydrogens (tertiary/aromatic N) is 4. The van der Waals surface area contributed by atoms with Gasteiger partial charge in [0.1, 0.15) is 5.69 Å². The van der Waals surface area contributed by atoms with Crippen LogP contribution in [0.5, 0.6) is 0 Å². The lowest BCUT2D eigenvalue weighted by molar-refractivity contribution is 0.0323. The summed E-state index contributed by atoms with van der Waals surface area (Å²) in [6.45, 7) is 5.87. The first-order valence-corrected chi connectivity index (χ1v) is 10.7. The average molecular weight is 411 g/mol. The molecule has 3 N–H and O–H groups in total. The molecule has 0 bridgehead atoms. The number of aromatic nitrogens is 2. The van der Waals surface area contributed by atoms with Gasteiger partial charge in [-0.2, -0.15) is 0 Å². The van der Waals surface area contributed by atoms with Crippen molar-refractivity contribution in [3.8, 4) is 0 Å². The molecule has 1 amide bonds. The predicted octanol–water partition coefficient (Wildman–Crippen LogP) is 0.642. The van der Waals surface area contributed by atoms with Crippen LogP contribution in [0.3, 0.4) is 0 Å². The SMILES string of the molecule is O=C(NCc1cncc(N2CCCN([C@@H]3CCNC[C@H]3O)CC2)c1)c1ccccn1. The number of nitrogens with one attached hydrogen (secondary N) is 2. The molecule has 2 aromatic heterocycles. The van der Waals surface area contributed by atoms with Gasteiger partial charge in [0.2, 0.25) is 0 Å². The molecule has 0 aromatic carbocycles. The fourth-order valence-electron chi connectivity index (χ4n) is 4.29. The largest absolute Gasteiger partial charge is 0.390 e. The summed E-state index contributed by atoms with van der Waals surface area (Å²) >= 11 is 0. The van der Waals surface area contributed by atoms with Crippen LogP contribution in [0.4, 0.5) is 5.69 Å². The van der Waals surface area contributed by atoms with E-state index in [1.54, 1.807) is 30.6 Å². The van der Waals surface area contributed by atoms with Crippen molar-refractivity contribution in [1.29, 1.82) is 0 Å². The van der Waals surface area contributed by atoms with E-state index < -0.39 is 0 Å². The minimum Gasteiger partial charge on any atom is -0.390 e. The second-order valence-electron chi connectivity index (χ2n) is 7.95. The van der Waals surface area contributed by atoms with Gasteiger partial charge in [-0.15, -0.1) is 0 Å². The van der Waals surface area contributed by atoms with Crippen LogP contribution in [0.1, 0.15) is 28.9 Å². The van der Waals surface area contributed by atoms with Crippen LogP contribution in [-0.2, 0) is 6.54 Å². The Balaban J connectivity index is 1.34. The first-order valence-electron chi connectivity index (χ1n) is 10.7. The Morgan fingerprint density at radius 3 is 3.00 bits per heavy atom. The highest BCUT2D eigenvalue weighted by Gasteiger charge is 2.29. The van der Waals surface area contributed by atoms with E-state index >= 15 is 0 Å². The van der Waals surface area contributed by atoms with Gasteiger partial charge in [-0.1, -0.05) is 6.07 Å². The third kappa shape index (κ3) is 5.13. The molecule has 2 fully saturated rings. The number of hydrogen-bond acceptors (Lipinski definition) is 7. The molecule has 0 radical (unpaired) electrons. The van der Waals surface area contributed by atoms with Crippen LogP contribution >= 0.6 is 0 Å². The van der Waals surface area contributed by atoms with Crippen molar-refractivity contribution in [2.75, 3.05) is 44.2 Å². The normalized spacial score (nSPS) is 23.0. The Morgan fingerprint density at radius 1 is 1.23 bits per heavy atom. The van der Waals surface area contributed by atoms with Crippen molar-refractivity contribution in [3.63, 3.8) is 0 Å². The molecule has 0 spiro atoms. The Labute approximate surface area is 177 Å². The Bertz CT molecular complexity index is 833. The van der Waals surface area contributed by atoms with Crippen LogP contribution < -0.4 is 15.5 Å². The van der Waals surface area contributed by atoms with E-state index in [-0.39, 0.29) is 18.1 Å². The number of aliphatic hydroxyl groups excluding tert-OH is 1. The highest BCUT2D eigenvalue weighted by molar-refractivity contribution is 5.92. The maximum absolute atomic E-state index is 12.2. The molecule has 4 rings (SSSR count). The van der Waals surface area contributed by atoms with Crippen molar-refractivity contribution in [2.24, 2.45) is 0 Å². The van der Waals surface area contributed by atoms with Crippen molar-refractivity contribution >= 4 is 11.6 Å². The second kappa shape index (κ2) is 9.97. The van der Waals surface area contributed by atoms with E-state index in [1.165, 1.54) is 0 Å². The molecule has 2 atom stereocenters. The zero-order chi connectivity index (χ0) is 20.8. The molecular formula is C22H30N6O2. The van der Waals surface area contributed by atoms with Crippen LogP contribution in [-0.4, -0.2) is 77.3 Å². The number of pyridine rings is 2. The Kier molecular flexibility index (Phi) is 6.88. The Hall–Kier alpha value is -2.55. The zero-order valence-corrected chi connectivity index (χ0v) is 17.2. The monoisotopic (exact) mass is 410 g/mol. The highest BCUT2D eigenvalue weighted by Crippen LogP contribution is 2.20. The summed E-state index contributed by atoms with van der Waals surface area (Å²) in [6.07, 6.45) is 7.04. The summed E-state index contributed by atoms with van der Waals surface area (Å²) < 4.78 is 0. The smallest absolute Gasteiger partial charge is 0.270 e. The summed E-state index contributed by atoms with van der Waals surface area (Å²) in [5, 5.41) is 16.5. The van der Waals surface area contributed by atoms with Gasteiger partial charge in [0.15, 0.2) is 0 Å². The van der Waals surface area contributed by atoms with Crippen molar-refractivity contribution < 1.29 is 9.90 Å². The topological polar surface area (TPSA) is 93.6 Å². The molecule has 8 nitrogen and oxygen atoms in total. The number of hydrogen-bond donors (Lipinski definition) is 3. The van der Waals surface area contributed by atoms with Crippen molar-refractivity contribution in [2.45, 2.75) is 31.5 Å². The number of carbonyl (C=O) groups excluding carboxylic acids is 1. The predicted molar refractivity (Wildman–Crippen MR) is 115 cm³/mol. The van der Waals surface area contributed by atoms with Gasteiger partial charge in [-0.3, -0.25) is 19.7 Å². The summed E-state index contributed by atoms with van der Waals surface area (Å²) in [6, 6.07) is 7.64. The van der Waals surface area contributed by atoms with Gasteiger partial charge in [0.25, 0.3) is 5.91 Å². The molecule has 8 heteroatoms. The van der Waals surface area contributed by atoms with Crippen LogP contribution in [0.25, 0.3) is 0 Å². The lowest BCUT2D eigenvalue weighted by atomic mass is 10.0. The van der Waals surface area contributed by atoms with E-state index in [4.69, 9.17) is 0 Å². The van der Waals surface area contributed by atoms with Gasteiger partial charge in [0, 0.05) is 57.7 Å². The lowest BCUT2D eigenvalue weighted by Crippen LogP contribution is -2.53. The summed E-state index contributed by atoms with van der Waals surface area (Å²) in [7, 11) is 0. The minimum atomic E-state index is -0.294. The minimum absolute atomic E-state index is 0.188. The van der Waals surface area contributed by atoms with E-state index in [2.05, 4.69) is 36.5 Å². The Morgan fingerprint density at radius 2 is 2.17 bits per heavy atom. The van der Waals surface area contributed by atoms with Gasteiger partial charge < -0.3 is 20.6 Å². The molecular weight excluding hydrogens is 380 g/mol. The third-order valence-corrected chi connectivity index (χ3v) is 5.91. The summed E-state index contributed by atoms with van der Waals surface area (Å²) in [5.74, 6) is -0.188. The van der Waals surface area contributed by atoms with Crippen LogP contribution in [0, 0.1) is 0 Å². The summed E-state index contributed by atoms with van der Waals surface area (Å²) in [4.78, 5) is 25.5. The first-order chi connectivity index (χ1) is 14.7. The summed E-state index contributed by atoms with van der Waals surface area (Å²) in [5.41, 5.74) is 2.45. The molecule has 2 aromatic rings. The van der Waals surface area contributed by atoms with Crippen LogP contribution in [0.15, 0.2) is 42.9 Å². The molecule has 0 unspecified atom stereocenters. The zero-order valence-electron chi connectivity index (χ0n) is 17.2. The number of rotatable bonds is 5. The number of carbonyl (C=O) groups is 1. The van der Waals surface area contributed by atoms with E-state index in [0.29, 0.717) is 18.8 Å². The standard InChI is InChI=1S/C22H30N6O2/c29-21-16-23-7-5-20(21)28-9-3-8-27(10-11-28)18-12-17(13-24-15-18)14-26-22(30)19-4-1-2-6-25-19/h1-2,4,6,12-13,15,20-21,23,29H,3,5,7-11,14,16H2,(H,26,30)/t20-,21-/m1/s1. The van der Waals surface area contributed by atoms with E-state index in [9.17, 15) is 9.90 Å². The number of amides is 1.